The van der Waals surface area contributed by atoms with Crippen molar-refractivity contribution < 1.29 is 13.2 Å². The lowest BCUT2D eigenvalue weighted by molar-refractivity contribution is -0.141. The topological polar surface area (TPSA) is 51.8 Å². The summed E-state index contributed by atoms with van der Waals surface area (Å²) in [4.78, 5) is 7.32. The van der Waals surface area contributed by atoms with E-state index in [9.17, 15) is 13.2 Å². The van der Waals surface area contributed by atoms with Crippen LogP contribution in [0, 0.1) is 6.92 Å². The van der Waals surface area contributed by atoms with Crippen LogP contribution in [0.3, 0.4) is 0 Å². The second-order valence-corrected chi connectivity index (χ2v) is 3.85. The Morgan fingerprint density at radius 1 is 1.11 bits per heavy atom. The SMILES string of the molecule is Cc1cc(N)ncc1-c1ccc(C(F)(F)F)nc1. The summed E-state index contributed by atoms with van der Waals surface area (Å²) in [5.74, 6) is 0.371. The minimum absolute atomic E-state index is 0.371. The van der Waals surface area contributed by atoms with E-state index < -0.39 is 11.9 Å². The lowest BCUT2D eigenvalue weighted by Gasteiger charge is -2.08. The third kappa shape index (κ3) is 2.42. The number of rotatable bonds is 1. The summed E-state index contributed by atoms with van der Waals surface area (Å²) in [5, 5.41) is 0. The van der Waals surface area contributed by atoms with Gasteiger partial charge in [0.05, 0.1) is 0 Å². The Bertz CT molecular complexity index is 562. The molecule has 0 aliphatic rings. The van der Waals surface area contributed by atoms with Gasteiger partial charge >= 0.3 is 6.18 Å². The van der Waals surface area contributed by atoms with Crippen LogP contribution in [0.1, 0.15) is 11.3 Å². The van der Waals surface area contributed by atoms with Gasteiger partial charge in [0.25, 0.3) is 0 Å². The maximum absolute atomic E-state index is 12.4. The molecule has 0 fully saturated rings. The molecular formula is C12H10F3N3. The van der Waals surface area contributed by atoms with Gasteiger partial charge < -0.3 is 5.73 Å². The van der Waals surface area contributed by atoms with Crippen molar-refractivity contribution in [3.05, 3.63) is 41.9 Å². The first kappa shape index (κ1) is 12.3. The van der Waals surface area contributed by atoms with Crippen LogP contribution < -0.4 is 5.73 Å². The number of aromatic nitrogens is 2. The van der Waals surface area contributed by atoms with E-state index in [2.05, 4.69) is 9.97 Å². The predicted octanol–water partition coefficient (Wildman–Crippen LogP) is 3.05. The highest BCUT2D eigenvalue weighted by Crippen LogP contribution is 2.29. The first-order valence-electron chi connectivity index (χ1n) is 5.13. The first-order valence-corrected chi connectivity index (χ1v) is 5.13. The molecular weight excluding hydrogens is 243 g/mol. The van der Waals surface area contributed by atoms with Crippen LogP contribution in [0.15, 0.2) is 30.6 Å². The van der Waals surface area contributed by atoms with Crippen molar-refractivity contribution in [1.82, 2.24) is 9.97 Å². The standard InChI is InChI=1S/C12H10F3N3/c1-7-4-11(16)18-6-9(7)8-2-3-10(17-5-8)12(13,14)15/h2-6H,1H3,(H2,16,18). The Morgan fingerprint density at radius 3 is 2.33 bits per heavy atom. The number of pyridine rings is 2. The average Bonchev–Trinajstić information content (AvgIpc) is 2.28. The Kier molecular flexibility index (Phi) is 2.94. The van der Waals surface area contributed by atoms with E-state index in [-0.39, 0.29) is 0 Å². The van der Waals surface area contributed by atoms with Crippen LogP contribution in [-0.2, 0) is 6.18 Å². The first-order chi connectivity index (χ1) is 8.38. The zero-order valence-corrected chi connectivity index (χ0v) is 9.49. The van der Waals surface area contributed by atoms with Gasteiger partial charge in [-0.25, -0.2) is 4.98 Å². The molecule has 94 valence electrons. The van der Waals surface area contributed by atoms with Crippen molar-refractivity contribution >= 4 is 5.82 Å². The highest BCUT2D eigenvalue weighted by molar-refractivity contribution is 5.66. The molecule has 2 N–H and O–H groups in total. The number of nitrogens with zero attached hydrogens (tertiary/aromatic N) is 2. The number of halogens is 3. The lowest BCUT2D eigenvalue weighted by Crippen LogP contribution is -2.07. The summed E-state index contributed by atoms with van der Waals surface area (Å²) in [6.45, 7) is 1.81. The molecule has 6 heteroatoms. The molecule has 0 bridgehead atoms. The van der Waals surface area contributed by atoms with E-state index in [1.165, 1.54) is 18.5 Å². The number of nitrogens with two attached hydrogens (primary N) is 1. The smallest absolute Gasteiger partial charge is 0.384 e. The largest absolute Gasteiger partial charge is 0.433 e. The fraction of sp³-hybridized carbons (Fsp3) is 0.167. The van der Waals surface area contributed by atoms with Crippen molar-refractivity contribution in [2.45, 2.75) is 13.1 Å². The van der Waals surface area contributed by atoms with E-state index >= 15 is 0 Å². The van der Waals surface area contributed by atoms with Crippen LogP contribution in [0.25, 0.3) is 11.1 Å². The summed E-state index contributed by atoms with van der Waals surface area (Å²) >= 11 is 0. The fourth-order valence-electron chi connectivity index (χ4n) is 1.60. The average molecular weight is 253 g/mol. The summed E-state index contributed by atoms with van der Waals surface area (Å²) in [5.41, 5.74) is 6.73. The quantitative estimate of drug-likeness (QED) is 0.849. The minimum atomic E-state index is -4.42. The molecule has 0 aliphatic heterocycles. The highest BCUT2D eigenvalue weighted by atomic mass is 19.4. The number of hydrogen-bond donors (Lipinski definition) is 1. The summed E-state index contributed by atoms with van der Waals surface area (Å²) in [7, 11) is 0. The van der Waals surface area contributed by atoms with Gasteiger partial charge in [-0.2, -0.15) is 13.2 Å². The molecule has 0 saturated carbocycles. The zero-order valence-electron chi connectivity index (χ0n) is 9.49. The molecule has 0 aromatic carbocycles. The van der Waals surface area contributed by atoms with Gasteiger partial charge in [0.15, 0.2) is 0 Å². The lowest BCUT2D eigenvalue weighted by atomic mass is 10.0. The van der Waals surface area contributed by atoms with Crippen molar-refractivity contribution in [2.24, 2.45) is 0 Å². The van der Waals surface area contributed by atoms with Crippen molar-refractivity contribution in [1.29, 1.82) is 0 Å². The van der Waals surface area contributed by atoms with E-state index in [0.717, 1.165) is 11.6 Å². The Balaban J connectivity index is 2.41. The molecule has 0 atom stereocenters. The van der Waals surface area contributed by atoms with E-state index in [0.29, 0.717) is 16.9 Å². The molecule has 3 nitrogen and oxygen atoms in total. The maximum atomic E-state index is 12.4. The van der Waals surface area contributed by atoms with Gasteiger partial charge in [0.2, 0.25) is 0 Å². The van der Waals surface area contributed by atoms with Gasteiger partial charge in [0.1, 0.15) is 11.5 Å². The van der Waals surface area contributed by atoms with Crippen LogP contribution in [-0.4, -0.2) is 9.97 Å². The monoisotopic (exact) mass is 253 g/mol. The number of aryl methyl sites for hydroxylation is 1. The number of alkyl halides is 3. The van der Waals surface area contributed by atoms with E-state index in [4.69, 9.17) is 5.73 Å². The number of anilines is 1. The van der Waals surface area contributed by atoms with E-state index in [1.807, 2.05) is 6.92 Å². The molecule has 2 rings (SSSR count). The summed E-state index contributed by atoms with van der Waals surface area (Å²) < 4.78 is 37.1. The third-order valence-electron chi connectivity index (χ3n) is 2.50. The number of nitrogen functional groups attached to an aromatic ring is 1. The summed E-state index contributed by atoms with van der Waals surface area (Å²) in [6.07, 6.45) is -1.72. The van der Waals surface area contributed by atoms with Crippen LogP contribution in [0.2, 0.25) is 0 Å². The molecule has 0 radical (unpaired) electrons. The van der Waals surface area contributed by atoms with Crippen molar-refractivity contribution in [3.8, 4) is 11.1 Å². The van der Waals surface area contributed by atoms with Crippen LogP contribution in [0.5, 0.6) is 0 Å². The zero-order chi connectivity index (χ0) is 13.3. The second-order valence-electron chi connectivity index (χ2n) is 3.85. The molecule has 18 heavy (non-hydrogen) atoms. The summed E-state index contributed by atoms with van der Waals surface area (Å²) in [6, 6.07) is 3.98. The van der Waals surface area contributed by atoms with Gasteiger partial charge in [-0.15, -0.1) is 0 Å². The molecule has 0 aliphatic carbocycles. The van der Waals surface area contributed by atoms with Crippen LogP contribution >= 0.6 is 0 Å². The van der Waals surface area contributed by atoms with Gasteiger partial charge in [-0.1, -0.05) is 6.07 Å². The molecule has 0 spiro atoms. The molecule has 0 unspecified atom stereocenters. The van der Waals surface area contributed by atoms with Crippen molar-refractivity contribution in [2.75, 3.05) is 5.73 Å². The van der Waals surface area contributed by atoms with Gasteiger partial charge in [-0.3, -0.25) is 4.98 Å². The number of hydrogen-bond acceptors (Lipinski definition) is 3. The molecule has 2 heterocycles. The van der Waals surface area contributed by atoms with Gasteiger partial charge in [-0.05, 0) is 24.6 Å². The molecule has 2 aromatic heterocycles. The van der Waals surface area contributed by atoms with Crippen molar-refractivity contribution in [3.63, 3.8) is 0 Å². The third-order valence-corrected chi connectivity index (χ3v) is 2.50. The Hall–Kier alpha value is -2.11. The van der Waals surface area contributed by atoms with E-state index in [1.54, 1.807) is 6.07 Å². The maximum Gasteiger partial charge on any atom is 0.433 e. The second kappa shape index (κ2) is 4.29. The highest BCUT2D eigenvalue weighted by Gasteiger charge is 2.32. The molecule has 2 aromatic rings. The van der Waals surface area contributed by atoms with Gasteiger partial charge in [0, 0.05) is 23.5 Å². The molecule has 0 saturated heterocycles. The fourth-order valence-corrected chi connectivity index (χ4v) is 1.60. The normalized spacial score (nSPS) is 11.6. The Labute approximate surface area is 101 Å². The van der Waals surface area contributed by atoms with Crippen LogP contribution in [0.4, 0.5) is 19.0 Å². The Morgan fingerprint density at radius 2 is 1.83 bits per heavy atom. The molecule has 0 amide bonds. The minimum Gasteiger partial charge on any atom is -0.384 e. The predicted molar refractivity (Wildman–Crippen MR) is 61.6 cm³/mol.